The Morgan fingerprint density at radius 1 is 1.22 bits per heavy atom. The van der Waals surface area contributed by atoms with Crippen LogP contribution in [0, 0.1) is 12.8 Å². The molecule has 0 radical (unpaired) electrons. The number of esters is 1. The largest absolute Gasteiger partial charge is 0.469 e. The lowest BCUT2D eigenvalue weighted by molar-refractivity contribution is -0.147. The molecule has 128 valence electrons. The van der Waals surface area contributed by atoms with Crippen LogP contribution < -0.4 is 0 Å². The van der Waals surface area contributed by atoms with E-state index in [2.05, 4.69) is 19.2 Å². The maximum absolute atomic E-state index is 11.6. The van der Waals surface area contributed by atoms with Crippen molar-refractivity contribution in [2.45, 2.75) is 45.2 Å². The molecule has 3 heterocycles. The lowest BCUT2D eigenvalue weighted by Crippen LogP contribution is -2.48. The molecule has 0 bridgehead atoms. The van der Waals surface area contributed by atoms with Crippen molar-refractivity contribution in [1.29, 1.82) is 0 Å². The van der Waals surface area contributed by atoms with Crippen LogP contribution in [0.2, 0.25) is 0 Å². The van der Waals surface area contributed by atoms with E-state index in [4.69, 9.17) is 4.74 Å². The first-order valence-electron chi connectivity index (χ1n) is 8.49. The van der Waals surface area contributed by atoms with Crippen LogP contribution in [0.3, 0.4) is 0 Å². The Balaban J connectivity index is 1.42. The van der Waals surface area contributed by atoms with E-state index in [1.807, 2.05) is 6.92 Å². The van der Waals surface area contributed by atoms with E-state index in [1.165, 1.54) is 31.5 Å². The Morgan fingerprint density at radius 2 is 1.91 bits per heavy atom. The van der Waals surface area contributed by atoms with Gasteiger partial charge in [-0.1, -0.05) is 0 Å². The first-order chi connectivity index (χ1) is 11.2. The Morgan fingerprint density at radius 3 is 2.48 bits per heavy atom. The highest BCUT2D eigenvalue weighted by Gasteiger charge is 2.31. The molecule has 1 aromatic rings. The number of rotatable bonds is 4. The Hall–Kier alpha value is -1.05. The molecule has 2 aliphatic heterocycles. The number of methoxy groups -OCH3 is 1. The van der Waals surface area contributed by atoms with Gasteiger partial charge in [0.15, 0.2) is 0 Å². The number of ether oxygens (including phenoxy) is 1. The van der Waals surface area contributed by atoms with E-state index in [0.29, 0.717) is 6.04 Å². The summed E-state index contributed by atoms with van der Waals surface area (Å²) in [6.45, 7) is 7.19. The van der Waals surface area contributed by atoms with E-state index in [1.54, 1.807) is 0 Å². The number of aromatic nitrogens is 2. The van der Waals surface area contributed by atoms with Gasteiger partial charge < -0.3 is 9.64 Å². The van der Waals surface area contributed by atoms with Crippen LogP contribution in [0.15, 0.2) is 0 Å². The second-order valence-electron chi connectivity index (χ2n) is 6.58. The quantitative estimate of drug-likeness (QED) is 0.779. The summed E-state index contributed by atoms with van der Waals surface area (Å²) in [4.78, 5) is 21.1. The van der Waals surface area contributed by atoms with Crippen LogP contribution in [-0.2, 0) is 16.1 Å². The van der Waals surface area contributed by atoms with Crippen LogP contribution in [0.4, 0.5) is 0 Å². The Labute approximate surface area is 142 Å². The fraction of sp³-hybridized carbons (Fsp3) is 0.812. The average molecular weight is 338 g/mol. The van der Waals surface area contributed by atoms with E-state index >= 15 is 0 Å². The van der Waals surface area contributed by atoms with E-state index in [-0.39, 0.29) is 11.9 Å². The minimum Gasteiger partial charge on any atom is -0.469 e. The summed E-state index contributed by atoms with van der Waals surface area (Å²) >= 11 is 1.52. The van der Waals surface area contributed by atoms with Gasteiger partial charge >= 0.3 is 5.97 Å². The summed E-state index contributed by atoms with van der Waals surface area (Å²) in [5.41, 5.74) is 0. The van der Waals surface area contributed by atoms with Crippen molar-refractivity contribution in [2.24, 2.45) is 5.92 Å². The zero-order valence-electron chi connectivity index (χ0n) is 14.0. The van der Waals surface area contributed by atoms with Crippen LogP contribution in [0.25, 0.3) is 0 Å². The molecule has 2 saturated heterocycles. The molecule has 0 aromatic carbocycles. The third-order valence-electron chi connectivity index (χ3n) is 5.07. The molecule has 6 nitrogen and oxygen atoms in total. The van der Waals surface area contributed by atoms with Gasteiger partial charge in [0.05, 0.1) is 19.6 Å². The predicted octanol–water partition coefficient (Wildman–Crippen LogP) is 1.70. The monoisotopic (exact) mass is 338 g/mol. The summed E-state index contributed by atoms with van der Waals surface area (Å²) in [5.74, 6) is 0.956. The first-order valence-corrected chi connectivity index (χ1v) is 9.26. The van der Waals surface area contributed by atoms with Crippen molar-refractivity contribution in [3.63, 3.8) is 0 Å². The molecule has 0 N–H and O–H groups in total. The van der Waals surface area contributed by atoms with Gasteiger partial charge in [0.25, 0.3) is 0 Å². The number of likely N-dealkylation sites (tertiary alicyclic amines) is 2. The molecule has 0 unspecified atom stereocenters. The van der Waals surface area contributed by atoms with Gasteiger partial charge in [-0.05, 0) is 57.2 Å². The zero-order chi connectivity index (χ0) is 16.2. The van der Waals surface area contributed by atoms with Gasteiger partial charge in [0, 0.05) is 19.1 Å². The molecule has 3 rings (SSSR count). The number of carbonyl (C=O) groups excluding carboxylic acids is 1. The highest BCUT2D eigenvalue weighted by Crippen LogP contribution is 2.25. The van der Waals surface area contributed by atoms with Crippen LogP contribution in [0.1, 0.15) is 36.5 Å². The molecule has 2 fully saturated rings. The minimum atomic E-state index is -0.0354. The summed E-state index contributed by atoms with van der Waals surface area (Å²) in [6.07, 6.45) is 4.30. The molecule has 23 heavy (non-hydrogen) atoms. The Bertz CT molecular complexity index is 520. The lowest BCUT2D eigenvalue weighted by Gasteiger charge is -2.41. The van der Waals surface area contributed by atoms with Gasteiger partial charge in [0.1, 0.15) is 10.8 Å². The number of nitrogens with zero attached hydrogens (tertiary/aromatic N) is 4. The van der Waals surface area contributed by atoms with Crippen molar-refractivity contribution in [2.75, 3.05) is 33.3 Å². The van der Waals surface area contributed by atoms with Gasteiger partial charge in [0.2, 0.25) is 0 Å². The molecule has 7 heteroatoms. The van der Waals surface area contributed by atoms with E-state index < -0.39 is 0 Å². The number of aryl methyl sites for hydroxylation is 1. The third-order valence-corrected chi connectivity index (χ3v) is 5.85. The minimum absolute atomic E-state index is 0.0354. The summed E-state index contributed by atoms with van der Waals surface area (Å²) < 4.78 is 9.13. The van der Waals surface area contributed by atoms with Gasteiger partial charge in [-0.2, -0.15) is 4.37 Å². The summed E-state index contributed by atoms with van der Waals surface area (Å²) in [7, 11) is 1.49. The zero-order valence-corrected chi connectivity index (χ0v) is 14.8. The molecular formula is C16H26N4O2S. The molecule has 0 aliphatic carbocycles. The number of hydrogen-bond acceptors (Lipinski definition) is 7. The Kier molecular flexibility index (Phi) is 5.61. The maximum atomic E-state index is 11.6. The smallest absolute Gasteiger partial charge is 0.308 e. The SMILES string of the molecule is COC(=O)C1CCN(C2CCN(Cc3nc(C)ns3)CC2)CC1. The molecule has 0 saturated carbocycles. The molecule has 0 spiro atoms. The second kappa shape index (κ2) is 7.68. The summed E-state index contributed by atoms with van der Waals surface area (Å²) in [6, 6.07) is 0.668. The van der Waals surface area contributed by atoms with Crippen LogP contribution >= 0.6 is 11.5 Å². The second-order valence-corrected chi connectivity index (χ2v) is 7.41. The van der Waals surface area contributed by atoms with Crippen LogP contribution in [-0.4, -0.2) is 64.5 Å². The van der Waals surface area contributed by atoms with E-state index in [9.17, 15) is 4.79 Å². The van der Waals surface area contributed by atoms with Gasteiger partial charge in [-0.15, -0.1) is 0 Å². The number of carbonyl (C=O) groups is 1. The van der Waals surface area contributed by atoms with Crippen molar-refractivity contribution < 1.29 is 9.53 Å². The number of piperidine rings is 2. The highest BCUT2D eigenvalue weighted by molar-refractivity contribution is 7.05. The predicted molar refractivity (Wildman–Crippen MR) is 89.3 cm³/mol. The molecule has 2 aliphatic rings. The fourth-order valence-electron chi connectivity index (χ4n) is 3.71. The van der Waals surface area contributed by atoms with Crippen molar-refractivity contribution in [3.05, 3.63) is 10.8 Å². The molecule has 0 amide bonds. The standard InChI is InChI=1S/C16H26N4O2S/c1-12-17-15(23-18-12)11-19-7-5-14(6-8-19)20-9-3-13(4-10-20)16(21)22-2/h13-14H,3-11H2,1-2H3. The molecular weight excluding hydrogens is 312 g/mol. The maximum Gasteiger partial charge on any atom is 0.308 e. The van der Waals surface area contributed by atoms with E-state index in [0.717, 1.165) is 56.4 Å². The van der Waals surface area contributed by atoms with Gasteiger partial charge in [-0.25, -0.2) is 4.98 Å². The lowest BCUT2D eigenvalue weighted by atomic mass is 9.93. The van der Waals surface area contributed by atoms with Gasteiger partial charge in [-0.3, -0.25) is 9.69 Å². The summed E-state index contributed by atoms with van der Waals surface area (Å²) in [5, 5.41) is 1.12. The van der Waals surface area contributed by atoms with Crippen molar-refractivity contribution in [1.82, 2.24) is 19.2 Å². The first kappa shape index (κ1) is 16.8. The average Bonchev–Trinajstić information content (AvgIpc) is 3.00. The fourth-order valence-corrected chi connectivity index (χ4v) is 4.40. The molecule has 0 atom stereocenters. The van der Waals surface area contributed by atoms with Crippen molar-refractivity contribution in [3.8, 4) is 0 Å². The highest BCUT2D eigenvalue weighted by atomic mass is 32.1. The normalized spacial score (nSPS) is 22.3. The van der Waals surface area contributed by atoms with Crippen LogP contribution in [0.5, 0.6) is 0 Å². The van der Waals surface area contributed by atoms with Crippen molar-refractivity contribution >= 4 is 17.5 Å². The third kappa shape index (κ3) is 4.28. The number of hydrogen-bond donors (Lipinski definition) is 0. The topological polar surface area (TPSA) is 58.6 Å². The molecule has 1 aromatic heterocycles.